The summed E-state index contributed by atoms with van der Waals surface area (Å²) in [5.74, 6) is 0.671. The van der Waals surface area contributed by atoms with Crippen molar-refractivity contribution in [2.24, 2.45) is 11.8 Å². The fraction of sp³-hybridized carbons (Fsp3) is 0.636. The topological polar surface area (TPSA) is 62.2 Å². The number of nitrogens with zero attached hydrogens (tertiary/aromatic N) is 1. The molecule has 3 unspecified atom stereocenters. The van der Waals surface area contributed by atoms with Gasteiger partial charge in [-0.05, 0) is 31.1 Å². The highest BCUT2D eigenvalue weighted by molar-refractivity contribution is 7.14. The van der Waals surface area contributed by atoms with E-state index in [1.54, 1.807) is 5.51 Å². The van der Waals surface area contributed by atoms with Crippen molar-refractivity contribution in [3.8, 4) is 0 Å². The van der Waals surface area contributed by atoms with Gasteiger partial charge >= 0.3 is 5.97 Å². The number of rotatable bonds is 3. The molecule has 1 aromatic rings. The fourth-order valence-corrected chi connectivity index (χ4v) is 3.83. The van der Waals surface area contributed by atoms with Crippen LogP contribution in [0.3, 0.4) is 0 Å². The van der Waals surface area contributed by atoms with E-state index in [-0.39, 0.29) is 5.69 Å². The second kappa shape index (κ2) is 3.73. The van der Waals surface area contributed by atoms with E-state index in [1.807, 2.05) is 0 Å². The molecule has 2 N–H and O–H groups in total. The molecular formula is C11H14N2O2S. The molecule has 86 valence electrons. The number of hydrogen-bond acceptors (Lipinski definition) is 4. The maximum atomic E-state index is 10.9. The minimum Gasteiger partial charge on any atom is -0.476 e. The largest absolute Gasteiger partial charge is 0.476 e. The van der Waals surface area contributed by atoms with Crippen LogP contribution in [0, 0.1) is 11.8 Å². The molecule has 0 saturated heterocycles. The smallest absolute Gasteiger partial charge is 0.357 e. The Morgan fingerprint density at radius 1 is 1.50 bits per heavy atom. The summed E-state index contributed by atoms with van der Waals surface area (Å²) in [6, 6.07) is 0.470. The van der Waals surface area contributed by atoms with Gasteiger partial charge in [0.1, 0.15) is 5.00 Å². The third kappa shape index (κ3) is 1.59. The summed E-state index contributed by atoms with van der Waals surface area (Å²) in [6.45, 7) is 0. The van der Waals surface area contributed by atoms with Crippen LogP contribution in [-0.2, 0) is 0 Å². The van der Waals surface area contributed by atoms with Gasteiger partial charge in [0.25, 0.3) is 0 Å². The number of fused-ring (bicyclic) bond motifs is 2. The zero-order valence-corrected chi connectivity index (χ0v) is 9.67. The lowest BCUT2D eigenvalue weighted by atomic mass is 9.95. The Labute approximate surface area is 97.7 Å². The predicted octanol–water partition coefficient (Wildman–Crippen LogP) is 2.44. The summed E-state index contributed by atoms with van der Waals surface area (Å²) in [5.41, 5.74) is 1.77. The number of carbonyl (C=O) groups is 1. The van der Waals surface area contributed by atoms with Gasteiger partial charge in [0.05, 0.1) is 5.51 Å². The molecule has 2 bridgehead atoms. The molecule has 5 heteroatoms. The number of nitrogens with one attached hydrogen (secondary N) is 1. The number of aromatic carboxylic acids is 1. The Hall–Kier alpha value is -1.10. The number of aromatic nitrogens is 1. The van der Waals surface area contributed by atoms with Gasteiger partial charge in [-0.3, -0.25) is 0 Å². The van der Waals surface area contributed by atoms with Gasteiger partial charge in [0.2, 0.25) is 0 Å². The second-order valence-corrected chi connectivity index (χ2v) is 5.62. The highest BCUT2D eigenvalue weighted by atomic mass is 32.1. The highest BCUT2D eigenvalue weighted by Gasteiger charge is 2.39. The van der Waals surface area contributed by atoms with Crippen molar-refractivity contribution in [3.05, 3.63) is 11.2 Å². The van der Waals surface area contributed by atoms with Crippen LogP contribution < -0.4 is 5.32 Å². The van der Waals surface area contributed by atoms with E-state index in [9.17, 15) is 4.79 Å². The maximum Gasteiger partial charge on any atom is 0.357 e. The molecule has 0 aliphatic heterocycles. The van der Waals surface area contributed by atoms with Crippen LogP contribution >= 0.6 is 11.3 Å². The average Bonchev–Trinajstić information content (AvgIpc) is 2.91. The lowest BCUT2D eigenvalue weighted by Crippen LogP contribution is -2.26. The minimum atomic E-state index is -0.938. The first-order valence-electron chi connectivity index (χ1n) is 5.67. The van der Waals surface area contributed by atoms with E-state index in [0.717, 1.165) is 16.8 Å². The van der Waals surface area contributed by atoms with Gasteiger partial charge in [0.15, 0.2) is 5.69 Å². The summed E-state index contributed by atoms with van der Waals surface area (Å²) in [6.07, 6.45) is 5.17. The third-order valence-corrected chi connectivity index (χ3v) is 4.58. The van der Waals surface area contributed by atoms with Crippen molar-refractivity contribution in [1.82, 2.24) is 4.98 Å². The van der Waals surface area contributed by atoms with Gasteiger partial charge < -0.3 is 10.4 Å². The minimum absolute atomic E-state index is 0.174. The molecule has 2 saturated carbocycles. The summed E-state index contributed by atoms with van der Waals surface area (Å²) in [5, 5.41) is 13.1. The standard InChI is InChI=1S/C11H14N2O2S/c14-11(15)9-10(16-5-12-9)13-8-4-6-1-2-7(8)3-6/h5-8,13H,1-4H2,(H,14,15). The number of anilines is 1. The van der Waals surface area contributed by atoms with Crippen molar-refractivity contribution in [1.29, 1.82) is 0 Å². The fourth-order valence-electron chi connectivity index (χ4n) is 3.09. The molecule has 3 atom stereocenters. The highest BCUT2D eigenvalue weighted by Crippen LogP contribution is 2.46. The number of thiazole rings is 1. The molecule has 16 heavy (non-hydrogen) atoms. The van der Waals surface area contributed by atoms with Gasteiger partial charge in [0, 0.05) is 6.04 Å². The quantitative estimate of drug-likeness (QED) is 0.849. The van der Waals surface area contributed by atoms with E-state index in [2.05, 4.69) is 10.3 Å². The number of hydrogen-bond donors (Lipinski definition) is 2. The molecule has 3 rings (SSSR count). The molecule has 0 radical (unpaired) electrons. The molecule has 2 aliphatic carbocycles. The maximum absolute atomic E-state index is 10.9. The summed E-state index contributed by atoms with van der Waals surface area (Å²) in [4.78, 5) is 14.8. The van der Waals surface area contributed by atoms with Crippen LogP contribution in [0.25, 0.3) is 0 Å². The van der Waals surface area contributed by atoms with Crippen molar-refractivity contribution < 1.29 is 9.90 Å². The number of carboxylic acids is 1. The predicted molar refractivity (Wildman–Crippen MR) is 61.9 cm³/mol. The Kier molecular flexibility index (Phi) is 2.35. The molecule has 4 nitrogen and oxygen atoms in total. The first-order chi connectivity index (χ1) is 7.74. The van der Waals surface area contributed by atoms with Crippen molar-refractivity contribution in [2.45, 2.75) is 31.7 Å². The first-order valence-corrected chi connectivity index (χ1v) is 6.55. The molecule has 1 aromatic heterocycles. The van der Waals surface area contributed by atoms with E-state index in [0.29, 0.717) is 6.04 Å². The van der Waals surface area contributed by atoms with Crippen LogP contribution in [-0.4, -0.2) is 22.1 Å². The molecular weight excluding hydrogens is 224 g/mol. The Morgan fingerprint density at radius 3 is 3.00 bits per heavy atom. The summed E-state index contributed by atoms with van der Waals surface area (Å²) >= 11 is 1.39. The lowest BCUT2D eigenvalue weighted by molar-refractivity contribution is 0.0692. The van der Waals surface area contributed by atoms with Crippen LogP contribution in [0.2, 0.25) is 0 Å². The van der Waals surface area contributed by atoms with E-state index in [1.165, 1.54) is 37.0 Å². The van der Waals surface area contributed by atoms with Crippen LogP contribution in [0.4, 0.5) is 5.00 Å². The third-order valence-electron chi connectivity index (χ3n) is 3.82. The van der Waals surface area contributed by atoms with E-state index < -0.39 is 5.97 Å². The lowest BCUT2D eigenvalue weighted by Gasteiger charge is -2.23. The van der Waals surface area contributed by atoms with Gasteiger partial charge in [-0.1, -0.05) is 6.42 Å². The zero-order valence-electron chi connectivity index (χ0n) is 8.85. The SMILES string of the molecule is O=C(O)c1ncsc1NC1CC2CCC1C2. The molecule has 0 spiro atoms. The van der Waals surface area contributed by atoms with Gasteiger partial charge in [-0.15, -0.1) is 11.3 Å². The summed E-state index contributed by atoms with van der Waals surface area (Å²) < 4.78 is 0. The van der Waals surface area contributed by atoms with E-state index in [4.69, 9.17) is 5.11 Å². The Balaban J connectivity index is 1.74. The van der Waals surface area contributed by atoms with Gasteiger partial charge in [-0.25, -0.2) is 9.78 Å². The molecule has 1 heterocycles. The molecule has 2 aliphatic rings. The monoisotopic (exact) mass is 238 g/mol. The van der Waals surface area contributed by atoms with Crippen molar-refractivity contribution >= 4 is 22.3 Å². The normalized spacial score (nSPS) is 31.9. The molecule has 0 aromatic carbocycles. The molecule has 2 fully saturated rings. The Morgan fingerprint density at radius 2 is 2.38 bits per heavy atom. The molecule has 0 amide bonds. The zero-order chi connectivity index (χ0) is 11.1. The van der Waals surface area contributed by atoms with Crippen LogP contribution in [0.15, 0.2) is 5.51 Å². The average molecular weight is 238 g/mol. The second-order valence-electron chi connectivity index (χ2n) is 4.76. The Bertz CT molecular complexity index is 418. The first kappa shape index (κ1) is 10.1. The van der Waals surface area contributed by atoms with Crippen LogP contribution in [0.5, 0.6) is 0 Å². The van der Waals surface area contributed by atoms with Crippen LogP contribution in [0.1, 0.15) is 36.2 Å². The van der Waals surface area contributed by atoms with Gasteiger partial charge in [-0.2, -0.15) is 0 Å². The number of carboxylic acid groups (broad SMARTS) is 1. The van der Waals surface area contributed by atoms with Crippen molar-refractivity contribution in [2.75, 3.05) is 5.32 Å². The summed E-state index contributed by atoms with van der Waals surface area (Å²) in [7, 11) is 0. The van der Waals surface area contributed by atoms with E-state index >= 15 is 0 Å². The van der Waals surface area contributed by atoms with Crippen molar-refractivity contribution in [3.63, 3.8) is 0 Å².